The predicted octanol–water partition coefficient (Wildman–Crippen LogP) is 2.14. The van der Waals surface area contributed by atoms with Gasteiger partial charge in [0.15, 0.2) is 0 Å². The molecule has 3 rings (SSSR count). The van der Waals surface area contributed by atoms with Crippen LogP contribution in [-0.4, -0.2) is 40.8 Å². The van der Waals surface area contributed by atoms with Gasteiger partial charge in [-0.05, 0) is 35.5 Å². The normalized spacial score (nSPS) is 10.2. The van der Waals surface area contributed by atoms with Crippen LogP contribution in [0.25, 0.3) is 11.4 Å². The van der Waals surface area contributed by atoms with Crippen LogP contribution in [0.1, 0.15) is 10.4 Å². The maximum atomic E-state index is 12.6. The third kappa shape index (κ3) is 3.17. The smallest absolute Gasteiger partial charge is 0.259 e. The summed E-state index contributed by atoms with van der Waals surface area (Å²) in [6.07, 6.45) is 0. The fraction of sp³-hybridized carbons (Fsp3) is 0.125. The van der Waals surface area contributed by atoms with Crippen molar-refractivity contribution in [1.82, 2.24) is 20.6 Å². The second kappa shape index (κ2) is 6.78. The number of amides is 1. The largest absolute Gasteiger partial charge is 0.497 e. The molecule has 8 heteroatoms. The van der Waals surface area contributed by atoms with Crippen LogP contribution in [0.15, 0.2) is 42.5 Å². The Morgan fingerprint density at radius 2 is 2.00 bits per heavy atom. The van der Waals surface area contributed by atoms with E-state index in [0.717, 1.165) is 5.56 Å². The number of benzene rings is 2. The first-order valence-electron chi connectivity index (χ1n) is 7.08. The van der Waals surface area contributed by atoms with Crippen molar-refractivity contribution in [2.45, 2.75) is 0 Å². The minimum atomic E-state index is -0.309. The van der Waals surface area contributed by atoms with E-state index in [0.29, 0.717) is 28.6 Å². The van der Waals surface area contributed by atoms with Crippen LogP contribution in [0.5, 0.6) is 11.5 Å². The van der Waals surface area contributed by atoms with Crippen LogP contribution in [0.4, 0.5) is 5.69 Å². The van der Waals surface area contributed by atoms with Crippen molar-refractivity contribution in [1.29, 1.82) is 0 Å². The minimum Gasteiger partial charge on any atom is -0.497 e. The van der Waals surface area contributed by atoms with Crippen LogP contribution < -0.4 is 14.8 Å². The lowest BCUT2D eigenvalue weighted by molar-refractivity contribution is 0.102. The monoisotopic (exact) mass is 325 g/mol. The molecule has 3 aromatic rings. The topological polar surface area (TPSA) is 102 Å². The van der Waals surface area contributed by atoms with Crippen LogP contribution in [0.3, 0.4) is 0 Å². The Labute approximate surface area is 137 Å². The number of hydrogen-bond acceptors (Lipinski definition) is 6. The standard InChI is InChI=1S/C16H15N5O3/c1-23-12-6-7-14(24-2)13(9-12)16(22)17-11-5-3-4-10(8-11)15-18-20-21-19-15/h3-9H,1-2H3,(H,17,22)(H,18,19,20,21). The molecule has 0 fully saturated rings. The average molecular weight is 325 g/mol. The predicted molar refractivity (Wildman–Crippen MR) is 87.1 cm³/mol. The van der Waals surface area contributed by atoms with E-state index in [4.69, 9.17) is 9.47 Å². The highest BCUT2D eigenvalue weighted by Gasteiger charge is 2.14. The number of hydrogen-bond donors (Lipinski definition) is 2. The number of nitrogens with one attached hydrogen (secondary N) is 2. The molecule has 0 bridgehead atoms. The maximum absolute atomic E-state index is 12.6. The van der Waals surface area contributed by atoms with Gasteiger partial charge in [-0.3, -0.25) is 4.79 Å². The summed E-state index contributed by atoms with van der Waals surface area (Å²) >= 11 is 0. The number of carbonyl (C=O) groups excluding carboxylic acids is 1. The van der Waals surface area contributed by atoms with Crippen molar-refractivity contribution >= 4 is 11.6 Å². The lowest BCUT2D eigenvalue weighted by Gasteiger charge is -2.11. The fourth-order valence-corrected chi connectivity index (χ4v) is 2.21. The van der Waals surface area contributed by atoms with Crippen molar-refractivity contribution in [2.24, 2.45) is 0 Å². The number of aromatic nitrogens is 4. The van der Waals surface area contributed by atoms with E-state index < -0.39 is 0 Å². The quantitative estimate of drug-likeness (QED) is 0.745. The van der Waals surface area contributed by atoms with Crippen molar-refractivity contribution < 1.29 is 14.3 Å². The van der Waals surface area contributed by atoms with Gasteiger partial charge in [0.2, 0.25) is 5.82 Å². The molecule has 0 aliphatic heterocycles. The van der Waals surface area contributed by atoms with E-state index in [1.165, 1.54) is 14.2 Å². The summed E-state index contributed by atoms with van der Waals surface area (Å²) in [5.41, 5.74) is 1.72. The van der Waals surface area contributed by atoms with Gasteiger partial charge in [0, 0.05) is 11.3 Å². The van der Waals surface area contributed by atoms with Crippen molar-refractivity contribution in [3.8, 4) is 22.9 Å². The number of ether oxygens (including phenoxy) is 2. The van der Waals surface area contributed by atoms with E-state index in [1.807, 2.05) is 6.07 Å². The Kier molecular flexibility index (Phi) is 4.37. The molecule has 0 aliphatic carbocycles. The Bertz CT molecular complexity index is 849. The fourth-order valence-electron chi connectivity index (χ4n) is 2.21. The second-order valence-corrected chi connectivity index (χ2v) is 4.84. The van der Waals surface area contributed by atoms with Gasteiger partial charge < -0.3 is 14.8 Å². The highest BCUT2D eigenvalue weighted by Crippen LogP contribution is 2.25. The molecule has 1 amide bonds. The zero-order chi connectivity index (χ0) is 16.9. The molecule has 1 aromatic heterocycles. The summed E-state index contributed by atoms with van der Waals surface area (Å²) in [6.45, 7) is 0. The highest BCUT2D eigenvalue weighted by molar-refractivity contribution is 6.06. The average Bonchev–Trinajstić information content (AvgIpc) is 3.16. The van der Waals surface area contributed by atoms with Gasteiger partial charge in [-0.15, -0.1) is 10.2 Å². The summed E-state index contributed by atoms with van der Waals surface area (Å²) in [5, 5.41) is 16.6. The van der Waals surface area contributed by atoms with Gasteiger partial charge in [0.1, 0.15) is 11.5 Å². The zero-order valence-electron chi connectivity index (χ0n) is 13.1. The van der Waals surface area contributed by atoms with Gasteiger partial charge in [-0.25, -0.2) is 0 Å². The molecule has 8 nitrogen and oxygen atoms in total. The maximum Gasteiger partial charge on any atom is 0.259 e. The molecule has 2 N–H and O–H groups in total. The molecule has 0 spiro atoms. The minimum absolute atomic E-state index is 0.309. The summed E-state index contributed by atoms with van der Waals surface area (Å²) in [4.78, 5) is 12.6. The summed E-state index contributed by atoms with van der Waals surface area (Å²) in [5.74, 6) is 1.17. The second-order valence-electron chi connectivity index (χ2n) is 4.84. The van der Waals surface area contributed by atoms with Crippen LogP contribution in [0.2, 0.25) is 0 Å². The molecular formula is C16H15N5O3. The van der Waals surface area contributed by atoms with E-state index in [-0.39, 0.29) is 5.91 Å². The number of tetrazole rings is 1. The molecule has 0 atom stereocenters. The van der Waals surface area contributed by atoms with Crippen LogP contribution in [-0.2, 0) is 0 Å². The zero-order valence-corrected chi connectivity index (χ0v) is 13.1. The highest BCUT2D eigenvalue weighted by atomic mass is 16.5. The molecule has 0 unspecified atom stereocenters. The Morgan fingerprint density at radius 1 is 1.12 bits per heavy atom. The van der Waals surface area contributed by atoms with Crippen LogP contribution >= 0.6 is 0 Å². The number of nitrogens with zero attached hydrogens (tertiary/aromatic N) is 3. The molecule has 0 aliphatic rings. The van der Waals surface area contributed by atoms with E-state index >= 15 is 0 Å². The van der Waals surface area contributed by atoms with Gasteiger partial charge in [-0.2, -0.15) is 5.21 Å². The van der Waals surface area contributed by atoms with E-state index in [1.54, 1.807) is 36.4 Å². The van der Waals surface area contributed by atoms with Crippen LogP contribution in [0, 0.1) is 0 Å². The molecule has 1 heterocycles. The number of H-pyrrole nitrogens is 1. The lowest BCUT2D eigenvalue weighted by atomic mass is 10.1. The third-order valence-corrected chi connectivity index (χ3v) is 3.38. The van der Waals surface area contributed by atoms with Gasteiger partial charge >= 0.3 is 0 Å². The Balaban J connectivity index is 1.86. The summed E-state index contributed by atoms with van der Waals surface area (Å²) < 4.78 is 10.4. The first-order valence-corrected chi connectivity index (χ1v) is 7.08. The summed E-state index contributed by atoms with van der Waals surface area (Å²) in [7, 11) is 3.05. The number of methoxy groups -OCH3 is 2. The summed E-state index contributed by atoms with van der Waals surface area (Å²) in [6, 6.07) is 12.2. The third-order valence-electron chi connectivity index (χ3n) is 3.38. The SMILES string of the molecule is COc1ccc(OC)c(C(=O)Nc2cccc(-c3nn[nH]n3)c2)c1. The number of aromatic amines is 1. The molecule has 122 valence electrons. The van der Waals surface area contributed by atoms with Gasteiger partial charge in [-0.1, -0.05) is 12.1 Å². The van der Waals surface area contributed by atoms with E-state index in [9.17, 15) is 4.79 Å². The first kappa shape index (κ1) is 15.5. The van der Waals surface area contributed by atoms with E-state index in [2.05, 4.69) is 25.9 Å². The first-order chi connectivity index (χ1) is 11.7. The molecule has 24 heavy (non-hydrogen) atoms. The number of rotatable bonds is 5. The number of carbonyl (C=O) groups is 1. The lowest BCUT2D eigenvalue weighted by Crippen LogP contribution is -2.13. The van der Waals surface area contributed by atoms with Crippen molar-refractivity contribution in [3.63, 3.8) is 0 Å². The molecule has 0 saturated heterocycles. The Morgan fingerprint density at radius 3 is 2.71 bits per heavy atom. The van der Waals surface area contributed by atoms with Gasteiger partial charge in [0.05, 0.1) is 19.8 Å². The molecule has 0 radical (unpaired) electrons. The van der Waals surface area contributed by atoms with Crippen molar-refractivity contribution in [3.05, 3.63) is 48.0 Å². The molecular weight excluding hydrogens is 310 g/mol. The number of anilines is 1. The van der Waals surface area contributed by atoms with Crippen molar-refractivity contribution in [2.75, 3.05) is 19.5 Å². The Hall–Kier alpha value is -3.42. The molecule has 0 saturated carbocycles. The van der Waals surface area contributed by atoms with Gasteiger partial charge in [0.25, 0.3) is 5.91 Å². The molecule has 2 aromatic carbocycles.